The predicted molar refractivity (Wildman–Crippen MR) is 112 cm³/mol. The summed E-state index contributed by atoms with van der Waals surface area (Å²) in [5.74, 6) is -0.396. The molecule has 166 valence electrons. The highest BCUT2D eigenvalue weighted by molar-refractivity contribution is 6.02. The van der Waals surface area contributed by atoms with E-state index in [9.17, 15) is 19.2 Å². The number of carbonyl (C=O) groups excluding carboxylic acids is 4. The number of benzene rings is 2. The fraction of sp³-hybridized carbons (Fsp3) is 0.304. The number of fused-ring (bicyclic) bond motifs is 1. The Bertz CT molecular complexity index is 1050. The number of esters is 1. The molecule has 0 aliphatic carbocycles. The van der Waals surface area contributed by atoms with Gasteiger partial charge in [-0.25, -0.2) is 4.79 Å². The monoisotopic (exact) mass is 438 g/mol. The van der Waals surface area contributed by atoms with E-state index in [1.165, 1.54) is 24.0 Å². The number of amides is 3. The molecule has 4 rings (SSSR count). The molecule has 9 nitrogen and oxygen atoms in total. The van der Waals surface area contributed by atoms with E-state index in [2.05, 4.69) is 5.32 Å². The van der Waals surface area contributed by atoms with Gasteiger partial charge in [0.05, 0.1) is 12.1 Å². The van der Waals surface area contributed by atoms with Crippen LogP contribution in [0.3, 0.4) is 0 Å². The summed E-state index contributed by atoms with van der Waals surface area (Å²) in [7, 11) is 0. The highest BCUT2D eigenvalue weighted by Gasteiger charge is 2.28. The molecule has 2 aromatic carbocycles. The third-order valence-corrected chi connectivity index (χ3v) is 5.15. The van der Waals surface area contributed by atoms with Gasteiger partial charge in [-0.3, -0.25) is 19.3 Å². The number of carbonyl (C=O) groups is 4. The van der Waals surface area contributed by atoms with Gasteiger partial charge in [0.15, 0.2) is 17.6 Å². The first kappa shape index (κ1) is 21.4. The Morgan fingerprint density at radius 3 is 2.34 bits per heavy atom. The summed E-state index contributed by atoms with van der Waals surface area (Å²) in [5.41, 5.74) is 1.47. The van der Waals surface area contributed by atoms with E-state index in [4.69, 9.17) is 14.2 Å². The lowest BCUT2D eigenvalue weighted by atomic mass is 10.1. The van der Waals surface area contributed by atoms with Crippen molar-refractivity contribution in [3.63, 3.8) is 0 Å². The smallest absolute Gasteiger partial charge is 0.338 e. The lowest BCUT2D eigenvalue weighted by molar-refractivity contribution is -0.139. The van der Waals surface area contributed by atoms with Gasteiger partial charge in [-0.05, 0) is 36.8 Å². The number of rotatable bonds is 6. The second kappa shape index (κ2) is 9.09. The van der Waals surface area contributed by atoms with Gasteiger partial charge in [0, 0.05) is 24.6 Å². The quantitative estimate of drug-likeness (QED) is 0.544. The number of hydrogen-bond donors (Lipinski definition) is 1. The summed E-state index contributed by atoms with van der Waals surface area (Å²) in [4.78, 5) is 49.5. The highest BCUT2D eigenvalue weighted by atomic mass is 16.6. The van der Waals surface area contributed by atoms with Crippen LogP contribution in [0.2, 0.25) is 0 Å². The van der Waals surface area contributed by atoms with Crippen LogP contribution in [-0.2, 0) is 25.7 Å². The zero-order valence-electron chi connectivity index (χ0n) is 17.5. The van der Waals surface area contributed by atoms with Crippen LogP contribution in [0.4, 0.5) is 5.69 Å². The van der Waals surface area contributed by atoms with Crippen molar-refractivity contribution in [1.82, 2.24) is 4.90 Å². The fourth-order valence-corrected chi connectivity index (χ4v) is 3.38. The molecule has 1 fully saturated rings. The molecular formula is C23H22N2O7. The minimum absolute atomic E-state index is 0.168. The van der Waals surface area contributed by atoms with E-state index >= 15 is 0 Å². The van der Waals surface area contributed by atoms with Crippen molar-refractivity contribution in [2.45, 2.75) is 32.4 Å². The molecule has 3 amide bonds. The van der Waals surface area contributed by atoms with Crippen LogP contribution in [0.25, 0.3) is 0 Å². The van der Waals surface area contributed by atoms with Gasteiger partial charge >= 0.3 is 5.97 Å². The Hall–Kier alpha value is -3.88. The maximum absolute atomic E-state index is 12.4. The molecule has 0 saturated carbocycles. The van der Waals surface area contributed by atoms with E-state index in [0.717, 1.165) is 5.56 Å². The van der Waals surface area contributed by atoms with Crippen LogP contribution < -0.4 is 14.8 Å². The zero-order valence-corrected chi connectivity index (χ0v) is 17.5. The van der Waals surface area contributed by atoms with Crippen LogP contribution in [0, 0.1) is 0 Å². The number of anilines is 1. The summed E-state index contributed by atoms with van der Waals surface area (Å²) < 4.78 is 16.2. The predicted octanol–water partition coefficient (Wildman–Crippen LogP) is 2.29. The molecule has 1 unspecified atom stereocenters. The van der Waals surface area contributed by atoms with Crippen molar-refractivity contribution < 1.29 is 33.4 Å². The van der Waals surface area contributed by atoms with Crippen LogP contribution in [0.5, 0.6) is 11.5 Å². The molecule has 2 aliphatic rings. The summed E-state index contributed by atoms with van der Waals surface area (Å²) in [6.07, 6.45) is -0.569. The van der Waals surface area contributed by atoms with Gasteiger partial charge in [-0.2, -0.15) is 0 Å². The van der Waals surface area contributed by atoms with Gasteiger partial charge < -0.3 is 19.5 Å². The van der Waals surface area contributed by atoms with Crippen LogP contribution in [0.15, 0.2) is 42.5 Å². The minimum atomic E-state index is -1.03. The first-order valence-corrected chi connectivity index (χ1v) is 10.2. The Morgan fingerprint density at radius 2 is 1.66 bits per heavy atom. The van der Waals surface area contributed by atoms with Crippen molar-refractivity contribution in [3.05, 3.63) is 53.6 Å². The molecule has 9 heteroatoms. The lowest BCUT2D eigenvalue weighted by Gasteiger charge is -2.19. The maximum atomic E-state index is 12.4. The van der Waals surface area contributed by atoms with E-state index in [0.29, 0.717) is 30.4 Å². The van der Waals surface area contributed by atoms with E-state index in [-0.39, 0.29) is 36.8 Å². The normalized spacial score (nSPS) is 16.0. The lowest BCUT2D eigenvalue weighted by Crippen LogP contribution is -2.30. The standard InChI is InChI=1S/C23H22N2O7/c1-14(22(28)24-17-6-7-18-19(12-17)31-11-10-30-18)32-23(29)16-4-2-15(3-5-16)13-25-20(26)8-9-21(25)27/h2-7,12,14H,8-11,13H2,1H3,(H,24,28). The molecule has 0 aromatic heterocycles. The Kier molecular flexibility index (Phi) is 6.07. The first-order valence-electron chi connectivity index (χ1n) is 10.2. The molecule has 32 heavy (non-hydrogen) atoms. The Morgan fingerprint density at radius 1 is 1.00 bits per heavy atom. The van der Waals surface area contributed by atoms with Gasteiger partial charge in [0.25, 0.3) is 5.91 Å². The summed E-state index contributed by atoms with van der Waals surface area (Å²) in [5, 5.41) is 2.69. The highest BCUT2D eigenvalue weighted by Crippen LogP contribution is 2.32. The average Bonchev–Trinajstić information content (AvgIpc) is 3.11. The van der Waals surface area contributed by atoms with Crippen molar-refractivity contribution >= 4 is 29.4 Å². The zero-order chi connectivity index (χ0) is 22.7. The number of hydrogen-bond acceptors (Lipinski definition) is 7. The molecule has 2 heterocycles. The van der Waals surface area contributed by atoms with Crippen molar-refractivity contribution in [2.24, 2.45) is 0 Å². The van der Waals surface area contributed by atoms with Gasteiger partial charge in [-0.15, -0.1) is 0 Å². The molecule has 2 aliphatic heterocycles. The van der Waals surface area contributed by atoms with Gasteiger partial charge in [0.2, 0.25) is 11.8 Å². The van der Waals surface area contributed by atoms with Crippen LogP contribution >= 0.6 is 0 Å². The van der Waals surface area contributed by atoms with E-state index in [1.807, 2.05) is 0 Å². The minimum Gasteiger partial charge on any atom is -0.486 e. The largest absolute Gasteiger partial charge is 0.486 e. The summed E-state index contributed by atoms with van der Waals surface area (Å²) in [6.45, 7) is 2.55. The third-order valence-electron chi connectivity index (χ3n) is 5.15. The Labute approximate surface area is 184 Å². The summed E-state index contributed by atoms with van der Waals surface area (Å²) >= 11 is 0. The number of nitrogens with one attached hydrogen (secondary N) is 1. The molecule has 0 spiro atoms. The maximum Gasteiger partial charge on any atom is 0.338 e. The Balaban J connectivity index is 1.32. The number of nitrogens with zero attached hydrogens (tertiary/aromatic N) is 1. The van der Waals surface area contributed by atoms with E-state index < -0.39 is 18.0 Å². The fourth-order valence-electron chi connectivity index (χ4n) is 3.38. The number of imide groups is 1. The summed E-state index contributed by atoms with van der Waals surface area (Å²) in [6, 6.07) is 11.4. The van der Waals surface area contributed by atoms with Gasteiger partial charge in [0.1, 0.15) is 13.2 Å². The van der Waals surface area contributed by atoms with Gasteiger partial charge in [-0.1, -0.05) is 12.1 Å². The molecule has 2 aromatic rings. The molecule has 1 N–H and O–H groups in total. The van der Waals surface area contributed by atoms with Crippen molar-refractivity contribution in [1.29, 1.82) is 0 Å². The number of ether oxygens (including phenoxy) is 3. The second-order valence-corrected chi connectivity index (χ2v) is 7.47. The molecule has 1 saturated heterocycles. The van der Waals surface area contributed by atoms with Crippen molar-refractivity contribution in [2.75, 3.05) is 18.5 Å². The van der Waals surface area contributed by atoms with E-state index in [1.54, 1.807) is 30.3 Å². The molecular weight excluding hydrogens is 416 g/mol. The molecule has 0 bridgehead atoms. The molecule has 1 atom stereocenters. The second-order valence-electron chi connectivity index (χ2n) is 7.47. The first-order chi connectivity index (χ1) is 15.4. The van der Waals surface area contributed by atoms with Crippen LogP contribution in [-0.4, -0.2) is 47.9 Å². The molecule has 0 radical (unpaired) electrons. The SMILES string of the molecule is CC(OC(=O)c1ccc(CN2C(=O)CCC2=O)cc1)C(=O)Nc1ccc2c(c1)OCCO2. The van der Waals surface area contributed by atoms with Crippen molar-refractivity contribution in [3.8, 4) is 11.5 Å². The topological polar surface area (TPSA) is 111 Å². The average molecular weight is 438 g/mol. The van der Waals surface area contributed by atoms with Crippen LogP contribution in [0.1, 0.15) is 35.7 Å². The number of likely N-dealkylation sites (tertiary alicyclic amines) is 1. The third kappa shape index (κ3) is 4.72.